The molecule has 0 aliphatic carbocycles. The summed E-state index contributed by atoms with van der Waals surface area (Å²) in [5, 5.41) is 5.40. The Morgan fingerprint density at radius 2 is 2.18 bits per heavy atom. The number of rotatable bonds is 3. The molecule has 8 heteroatoms. The minimum Gasteiger partial charge on any atom is -0.366 e. The molecule has 0 bridgehead atoms. The summed E-state index contributed by atoms with van der Waals surface area (Å²) in [6.45, 7) is 1.87. The normalized spacial score (nSPS) is 11.4. The van der Waals surface area contributed by atoms with Crippen molar-refractivity contribution in [3.05, 3.63) is 29.8 Å². The summed E-state index contributed by atoms with van der Waals surface area (Å²) < 4.78 is 26.0. The van der Waals surface area contributed by atoms with Crippen LogP contribution in [0.15, 0.2) is 29.4 Å². The fraction of sp³-hybridized carbons (Fsp3) is 0.111. The Labute approximate surface area is 98.1 Å². The van der Waals surface area contributed by atoms with E-state index in [2.05, 4.69) is 19.9 Å². The first-order valence-corrected chi connectivity index (χ1v) is 6.23. The molecule has 17 heavy (non-hydrogen) atoms. The average Bonchev–Trinajstić information content (AvgIpc) is 2.65. The first kappa shape index (κ1) is 11.4. The minimum atomic E-state index is -3.77. The second kappa shape index (κ2) is 4.06. The van der Waals surface area contributed by atoms with Crippen LogP contribution in [0, 0.1) is 6.92 Å². The van der Waals surface area contributed by atoms with Gasteiger partial charge in [0.15, 0.2) is 0 Å². The summed E-state index contributed by atoms with van der Waals surface area (Å²) >= 11 is 0. The Bertz CT molecular complexity index is 634. The van der Waals surface area contributed by atoms with E-state index in [0.29, 0.717) is 5.69 Å². The van der Waals surface area contributed by atoms with Crippen LogP contribution < -0.4 is 10.5 Å². The van der Waals surface area contributed by atoms with Crippen LogP contribution in [0.25, 0.3) is 0 Å². The molecular formula is C9H11N5O2S. The summed E-state index contributed by atoms with van der Waals surface area (Å²) in [4.78, 5) is 3.56. The maximum atomic E-state index is 11.8. The lowest BCUT2D eigenvalue weighted by Gasteiger charge is -2.05. The number of sulfonamides is 1. The Morgan fingerprint density at radius 3 is 2.76 bits per heavy atom. The molecule has 0 saturated carbocycles. The minimum absolute atomic E-state index is 0.116. The predicted octanol–water partition coefficient (Wildman–Crippen LogP) is 0.496. The fourth-order valence-corrected chi connectivity index (χ4v) is 2.20. The smallest absolute Gasteiger partial charge is 0.297 e. The van der Waals surface area contributed by atoms with E-state index in [4.69, 9.17) is 5.73 Å². The Kier molecular flexibility index (Phi) is 2.72. The van der Waals surface area contributed by atoms with Gasteiger partial charge in [0, 0.05) is 5.69 Å². The molecule has 0 amide bonds. The number of aryl methyl sites for hydroxylation is 1. The van der Waals surface area contributed by atoms with Gasteiger partial charge in [-0.05, 0) is 24.6 Å². The van der Waals surface area contributed by atoms with Gasteiger partial charge in [-0.25, -0.2) is 5.10 Å². The predicted molar refractivity (Wildman–Crippen MR) is 62.8 cm³/mol. The monoisotopic (exact) mass is 253 g/mol. The van der Waals surface area contributed by atoms with Gasteiger partial charge in [0.25, 0.3) is 15.2 Å². The van der Waals surface area contributed by atoms with E-state index < -0.39 is 10.0 Å². The van der Waals surface area contributed by atoms with E-state index in [1.165, 1.54) is 0 Å². The van der Waals surface area contributed by atoms with E-state index in [9.17, 15) is 8.42 Å². The van der Waals surface area contributed by atoms with Gasteiger partial charge in [-0.2, -0.15) is 13.4 Å². The van der Waals surface area contributed by atoms with Crippen molar-refractivity contribution in [3.63, 3.8) is 0 Å². The Morgan fingerprint density at radius 1 is 1.41 bits per heavy atom. The lowest BCUT2D eigenvalue weighted by molar-refractivity contribution is 0.593. The average molecular weight is 253 g/mol. The molecule has 0 unspecified atom stereocenters. The SMILES string of the molecule is Cc1cccc(NS(=O)(=O)c2nc(N)n[nH]2)c1. The van der Waals surface area contributed by atoms with Crippen LogP contribution in [0.5, 0.6) is 0 Å². The van der Waals surface area contributed by atoms with E-state index in [0.717, 1.165) is 5.56 Å². The van der Waals surface area contributed by atoms with Crippen LogP contribution in [0.3, 0.4) is 0 Å². The molecule has 1 aromatic carbocycles. The molecule has 90 valence electrons. The van der Waals surface area contributed by atoms with Crippen LogP contribution in [-0.4, -0.2) is 23.6 Å². The zero-order valence-corrected chi connectivity index (χ0v) is 9.82. The molecule has 0 saturated heterocycles. The van der Waals surface area contributed by atoms with Crippen LogP contribution in [0.1, 0.15) is 5.56 Å². The molecule has 2 rings (SSSR count). The van der Waals surface area contributed by atoms with Crippen molar-refractivity contribution in [2.45, 2.75) is 12.1 Å². The highest BCUT2D eigenvalue weighted by atomic mass is 32.2. The second-order valence-corrected chi connectivity index (χ2v) is 5.07. The number of aromatic amines is 1. The molecule has 0 aliphatic rings. The molecule has 0 radical (unpaired) electrons. The van der Waals surface area contributed by atoms with Crippen LogP contribution in [-0.2, 0) is 10.0 Å². The van der Waals surface area contributed by atoms with Crippen molar-refractivity contribution < 1.29 is 8.42 Å². The third-order valence-electron chi connectivity index (χ3n) is 2.01. The number of hydrogen-bond acceptors (Lipinski definition) is 5. The van der Waals surface area contributed by atoms with E-state index >= 15 is 0 Å². The summed E-state index contributed by atoms with van der Waals surface area (Å²) in [6.07, 6.45) is 0. The first-order chi connectivity index (χ1) is 7.97. The molecule has 1 heterocycles. The van der Waals surface area contributed by atoms with Crippen LogP contribution >= 0.6 is 0 Å². The molecule has 0 atom stereocenters. The van der Waals surface area contributed by atoms with Crippen molar-refractivity contribution >= 4 is 21.7 Å². The largest absolute Gasteiger partial charge is 0.366 e. The molecular weight excluding hydrogens is 242 g/mol. The van der Waals surface area contributed by atoms with Crippen molar-refractivity contribution in [2.24, 2.45) is 0 Å². The van der Waals surface area contributed by atoms with Gasteiger partial charge < -0.3 is 5.73 Å². The number of nitrogens with two attached hydrogens (primary N) is 1. The van der Waals surface area contributed by atoms with Gasteiger partial charge in [0.1, 0.15) is 0 Å². The van der Waals surface area contributed by atoms with Crippen molar-refractivity contribution in [2.75, 3.05) is 10.5 Å². The summed E-state index contributed by atoms with van der Waals surface area (Å²) in [5.41, 5.74) is 6.65. The van der Waals surface area contributed by atoms with Crippen molar-refractivity contribution in [1.29, 1.82) is 0 Å². The highest BCUT2D eigenvalue weighted by molar-refractivity contribution is 7.92. The maximum Gasteiger partial charge on any atom is 0.297 e. The quantitative estimate of drug-likeness (QED) is 0.736. The van der Waals surface area contributed by atoms with Gasteiger partial charge in [0.2, 0.25) is 5.95 Å². The molecule has 7 nitrogen and oxygen atoms in total. The third-order valence-corrected chi connectivity index (χ3v) is 3.20. The molecule has 0 spiro atoms. The first-order valence-electron chi connectivity index (χ1n) is 4.75. The zero-order valence-electron chi connectivity index (χ0n) is 9.01. The maximum absolute atomic E-state index is 11.8. The lowest BCUT2D eigenvalue weighted by atomic mass is 10.2. The topological polar surface area (TPSA) is 114 Å². The number of nitrogens with one attached hydrogen (secondary N) is 2. The Balaban J connectivity index is 2.29. The van der Waals surface area contributed by atoms with Gasteiger partial charge in [-0.3, -0.25) is 4.72 Å². The highest BCUT2D eigenvalue weighted by Gasteiger charge is 2.18. The second-order valence-electron chi connectivity index (χ2n) is 3.47. The molecule has 4 N–H and O–H groups in total. The van der Waals surface area contributed by atoms with Gasteiger partial charge in [-0.15, -0.1) is 5.10 Å². The van der Waals surface area contributed by atoms with E-state index in [-0.39, 0.29) is 11.1 Å². The van der Waals surface area contributed by atoms with E-state index in [1.807, 2.05) is 13.0 Å². The number of aromatic nitrogens is 3. The third kappa shape index (κ3) is 2.53. The lowest BCUT2D eigenvalue weighted by Crippen LogP contribution is -2.14. The molecule has 0 aliphatic heterocycles. The number of anilines is 2. The van der Waals surface area contributed by atoms with Crippen molar-refractivity contribution in [1.82, 2.24) is 15.2 Å². The molecule has 2 aromatic rings. The van der Waals surface area contributed by atoms with Gasteiger partial charge >= 0.3 is 0 Å². The number of H-pyrrole nitrogens is 1. The molecule has 0 fully saturated rings. The summed E-state index contributed by atoms with van der Waals surface area (Å²) in [7, 11) is -3.77. The summed E-state index contributed by atoms with van der Waals surface area (Å²) in [5.74, 6) is -0.116. The standard InChI is InChI=1S/C9H11N5O2S/c1-6-3-2-4-7(5-6)14-17(15,16)9-11-8(10)12-13-9/h2-5,14H,1H3,(H3,10,11,12,13). The number of benzene rings is 1. The number of nitrogens with zero attached hydrogens (tertiary/aromatic N) is 2. The van der Waals surface area contributed by atoms with Crippen LogP contribution in [0.4, 0.5) is 11.6 Å². The fourth-order valence-electron chi connectivity index (χ4n) is 1.29. The Hall–Kier alpha value is -2.09. The number of nitrogen functional groups attached to an aromatic ring is 1. The molecule has 1 aromatic heterocycles. The van der Waals surface area contributed by atoms with Crippen LogP contribution in [0.2, 0.25) is 0 Å². The number of hydrogen-bond donors (Lipinski definition) is 3. The van der Waals surface area contributed by atoms with Gasteiger partial charge in [0.05, 0.1) is 0 Å². The van der Waals surface area contributed by atoms with Gasteiger partial charge in [-0.1, -0.05) is 12.1 Å². The zero-order chi connectivity index (χ0) is 12.5. The summed E-state index contributed by atoms with van der Waals surface area (Å²) in [6, 6.07) is 6.97. The van der Waals surface area contributed by atoms with Crippen molar-refractivity contribution in [3.8, 4) is 0 Å². The van der Waals surface area contributed by atoms with E-state index in [1.54, 1.807) is 18.2 Å². The highest BCUT2D eigenvalue weighted by Crippen LogP contribution is 2.14.